The van der Waals surface area contributed by atoms with Crippen LogP contribution in [0.1, 0.15) is 25.8 Å². The van der Waals surface area contributed by atoms with Crippen LogP contribution in [0.4, 0.5) is 13.2 Å². The van der Waals surface area contributed by atoms with Gasteiger partial charge in [0.15, 0.2) is 5.60 Å². The van der Waals surface area contributed by atoms with Crippen molar-refractivity contribution in [3.05, 3.63) is 35.4 Å². The van der Waals surface area contributed by atoms with Gasteiger partial charge in [0, 0.05) is 12.0 Å². The second kappa shape index (κ2) is 7.99. The summed E-state index contributed by atoms with van der Waals surface area (Å²) in [4.78, 5) is 23.7. The third kappa shape index (κ3) is 5.72. The summed E-state index contributed by atoms with van der Waals surface area (Å²) in [5, 5.41) is 9.60. The fraction of sp³-hybridized carbons (Fsp3) is 0.444. The molecular formula is C18H19F3O6. The third-order valence-electron chi connectivity index (χ3n) is 3.78. The Bertz CT molecular complexity index is 724. The Morgan fingerprint density at radius 1 is 1.33 bits per heavy atom. The van der Waals surface area contributed by atoms with E-state index in [0.717, 1.165) is 12.1 Å². The molecule has 1 aromatic rings. The molecule has 1 fully saturated rings. The first-order valence-corrected chi connectivity index (χ1v) is 8.11. The quantitative estimate of drug-likeness (QED) is 0.596. The third-order valence-corrected chi connectivity index (χ3v) is 3.78. The fourth-order valence-electron chi connectivity index (χ4n) is 2.38. The van der Waals surface area contributed by atoms with Crippen LogP contribution in [-0.4, -0.2) is 42.2 Å². The second-order valence-electron chi connectivity index (χ2n) is 6.46. The minimum Gasteiger partial charge on any atom is -0.461 e. The first kappa shape index (κ1) is 20.8. The lowest BCUT2D eigenvalue weighted by molar-refractivity contribution is -0.274. The van der Waals surface area contributed by atoms with E-state index in [-0.39, 0.29) is 30.3 Å². The Kier molecular flexibility index (Phi) is 6.15. The van der Waals surface area contributed by atoms with Gasteiger partial charge in [-0.3, -0.25) is 4.79 Å². The molecule has 0 saturated carbocycles. The summed E-state index contributed by atoms with van der Waals surface area (Å²) >= 11 is 0. The van der Waals surface area contributed by atoms with Crippen molar-refractivity contribution < 1.29 is 42.1 Å². The minimum absolute atomic E-state index is 0.00545. The summed E-state index contributed by atoms with van der Waals surface area (Å²) < 4.78 is 50.5. The fourth-order valence-corrected chi connectivity index (χ4v) is 2.38. The van der Waals surface area contributed by atoms with Crippen LogP contribution in [0.25, 0.3) is 6.08 Å². The van der Waals surface area contributed by atoms with Crippen LogP contribution in [0.2, 0.25) is 0 Å². The summed E-state index contributed by atoms with van der Waals surface area (Å²) in [6, 6.07) is 4.92. The number of alkyl halides is 3. The number of aliphatic hydroxyl groups excluding tert-OH is 1. The number of halogens is 3. The number of rotatable bonds is 6. The lowest BCUT2D eigenvalue weighted by atomic mass is 9.98. The molecule has 1 aliphatic heterocycles. The summed E-state index contributed by atoms with van der Waals surface area (Å²) in [6.45, 7) is 2.46. The molecule has 2 rings (SSSR count). The van der Waals surface area contributed by atoms with E-state index in [2.05, 4.69) is 4.74 Å². The molecule has 1 saturated heterocycles. The van der Waals surface area contributed by atoms with Crippen molar-refractivity contribution in [1.82, 2.24) is 0 Å². The highest BCUT2D eigenvalue weighted by atomic mass is 19.4. The standard InChI is InChI=1S/C18H19F3O6/c1-11(2)15(23)25-10-17(9-22)8-13(16(24)27-17)7-12-3-5-14(6-4-12)26-18(19,20)21/h3-7,11,22H,8-10H2,1-2H3/b13-7+. The Labute approximate surface area is 153 Å². The summed E-state index contributed by atoms with van der Waals surface area (Å²) in [5.41, 5.74) is -0.717. The predicted octanol–water partition coefficient (Wildman–Crippen LogP) is 2.85. The van der Waals surface area contributed by atoms with Crippen molar-refractivity contribution >= 4 is 18.0 Å². The number of esters is 2. The molecule has 0 bridgehead atoms. The lowest BCUT2D eigenvalue weighted by Crippen LogP contribution is -2.39. The van der Waals surface area contributed by atoms with E-state index in [0.29, 0.717) is 5.56 Å². The van der Waals surface area contributed by atoms with Crippen molar-refractivity contribution in [3.63, 3.8) is 0 Å². The Morgan fingerprint density at radius 3 is 2.48 bits per heavy atom. The zero-order valence-electron chi connectivity index (χ0n) is 14.7. The maximum Gasteiger partial charge on any atom is 0.573 e. The van der Waals surface area contributed by atoms with Crippen LogP contribution < -0.4 is 4.74 Å². The van der Waals surface area contributed by atoms with Crippen LogP contribution in [-0.2, 0) is 19.1 Å². The van der Waals surface area contributed by atoms with Crippen molar-refractivity contribution in [2.24, 2.45) is 5.92 Å². The average Bonchev–Trinajstić information content (AvgIpc) is 2.89. The zero-order chi connectivity index (χ0) is 20.2. The first-order valence-electron chi connectivity index (χ1n) is 8.11. The Hall–Kier alpha value is -2.55. The molecule has 1 atom stereocenters. The van der Waals surface area contributed by atoms with Gasteiger partial charge in [0.05, 0.1) is 12.5 Å². The van der Waals surface area contributed by atoms with E-state index in [4.69, 9.17) is 9.47 Å². The highest BCUT2D eigenvalue weighted by Gasteiger charge is 2.44. The molecule has 148 valence electrons. The van der Waals surface area contributed by atoms with Crippen molar-refractivity contribution in [2.45, 2.75) is 32.2 Å². The van der Waals surface area contributed by atoms with Crippen LogP contribution in [0.3, 0.4) is 0 Å². The predicted molar refractivity (Wildman–Crippen MR) is 87.4 cm³/mol. The van der Waals surface area contributed by atoms with Gasteiger partial charge in [-0.15, -0.1) is 13.2 Å². The monoisotopic (exact) mass is 388 g/mol. The number of carbonyl (C=O) groups excluding carboxylic acids is 2. The normalized spacial score (nSPS) is 21.4. The van der Waals surface area contributed by atoms with Crippen LogP contribution in [0, 0.1) is 5.92 Å². The number of ether oxygens (including phenoxy) is 3. The van der Waals surface area contributed by atoms with Crippen LogP contribution in [0.15, 0.2) is 29.8 Å². The number of hydrogen-bond acceptors (Lipinski definition) is 6. The van der Waals surface area contributed by atoms with Crippen LogP contribution >= 0.6 is 0 Å². The number of benzene rings is 1. The Balaban J connectivity index is 2.10. The molecule has 0 spiro atoms. The number of cyclic esters (lactones) is 1. The van der Waals surface area contributed by atoms with Gasteiger partial charge in [0.2, 0.25) is 0 Å². The molecule has 1 unspecified atom stereocenters. The highest BCUT2D eigenvalue weighted by Crippen LogP contribution is 2.33. The van der Waals surface area contributed by atoms with Gasteiger partial charge in [-0.25, -0.2) is 4.79 Å². The molecule has 1 aliphatic rings. The molecule has 6 nitrogen and oxygen atoms in total. The molecule has 0 radical (unpaired) electrons. The largest absolute Gasteiger partial charge is 0.573 e. The zero-order valence-corrected chi connectivity index (χ0v) is 14.7. The average molecular weight is 388 g/mol. The van der Waals surface area contributed by atoms with Gasteiger partial charge in [-0.1, -0.05) is 26.0 Å². The first-order chi connectivity index (χ1) is 12.5. The summed E-state index contributed by atoms with van der Waals surface area (Å²) in [7, 11) is 0. The number of hydrogen-bond donors (Lipinski definition) is 1. The van der Waals surface area contributed by atoms with E-state index >= 15 is 0 Å². The molecule has 1 aromatic carbocycles. The smallest absolute Gasteiger partial charge is 0.461 e. The van der Waals surface area contributed by atoms with Gasteiger partial charge < -0.3 is 19.3 Å². The lowest BCUT2D eigenvalue weighted by Gasteiger charge is -2.24. The summed E-state index contributed by atoms with van der Waals surface area (Å²) in [6.07, 6.45) is -3.36. The van der Waals surface area contributed by atoms with Gasteiger partial charge in [-0.2, -0.15) is 0 Å². The van der Waals surface area contributed by atoms with Gasteiger partial charge in [0.25, 0.3) is 0 Å². The van der Waals surface area contributed by atoms with E-state index < -0.39 is 30.5 Å². The Morgan fingerprint density at radius 2 is 1.96 bits per heavy atom. The van der Waals surface area contributed by atoms with Crippen LogP contribution in [0.5, 0.6) is 5.75 Å². The molecule has 0 aromatic heterocycles. The second-order valence-corrected chi connectivity index (χ2v) is 6.46. The van der Waals surface area contributed by atoms with Gasteiger partial charge in [-0.05, 0) is 23.8 Å². The summed E-state index contributed by atoms with van der Waals surface area (Å²) in [5.74, 6) is -1.94. The highest BCUT2D eigenvalue weighted by molar-refractivity contribution is 5.96. The van der Waals surface area contributed by atoms with E-state index in [1.165, 1.54) is 18.2 Å². The molecule has 9 heteroatoms. The number of carbonyl (C=O) groups is 2. The van der Waals surface area contributed by atoms with E-state index in [9.17, 15) is 27.9 Å². The molecule has 1 N–H and O–H groups in total. The minimum atomic E-state index is -4.79. The van der Waals surface area contributed by atoms with Crippen molar-refractivity contribution in [1.29, 1.82) is 0 Å². The maximum atomic E-state index is 12.2. The topological polar surface area (TPSA) is 82.1 Å². The number of aliphatic hydroxyl groups is 1. The van der Waals surface area contributed by atoms with Gasteiger partial charge >= 0.3 is 18.3 Å². The van der Waals surface area contributed by atoms with E-state index in [1.807, 2.05) is 0 Å². The molecule has 0 amide bonds. The SMILES string of the molecule is CC(C)C(=O)OCC1(CO)C/C(=C\c2ccc(OC(F)(F)F)cc2)C(=O)O1. The molecular weight excluding hydrogens is 369 g/mol. The van der Waals surface area contributed by atoms with Crippen molar-refractivity contribution in [3.8, 4) is 5.75 Å². The molecule has 1 heterocycles. The van der Waals surface area contributed by atoms with Crippen molar-refractivity contribution in [2.75, 3.05) is 13.2 Å². The van der Waals surface area contributed by atoms with Gasteiger partial charge in [0.1, 0.15) is 12.4 Å². The maximum absolute atomic E-state index is 12.2. The van der Waals surface area contributed by atoms with E-state index in [1.54, 1.807) is 13.8 Å². The molecule has 27 heavy (non-hydrogen) atoms. The molecule has 0 aliphatic carbocycles.